The molecule has 2 aromatic rings. The summed E-state index contributed by atoms with van der Waals surface area (Å²) in [5.74, 6) is 0.151. The van der Waals surface area contributed by atoms with Crippen molar-refractivity contribution in [1.29, 1.82) is 0 Å². The van der Waals surface area contributed by atoms with Crippen LogP contribution in [0.4, 0.5) is 0 Å². The first-order chi connectivity index (χ1) is 8.88. The lowest BCUT2D eigenvalue weighted by atomic mass is 9.82. The van der Waals surface area contributed by atoms with E-state index >= 15 is 0 Å². The number of ketones is 1. The van der Waals surface area contributed by atoms with E-state index in [9.17, 15) is 4.79 Å². The number of aryl methyl sites for hydroxylation is 1. The van der Waals surface area contributed by atoms with Crippen LogP contribution >= 0.6 is 0 Å². The SMILES string of the molecule is Cn1cc(CC(=O)c2ccccc2C(C)(C)C)cn1. The van der Waals surface area contributed by atoms with E-state index in [1.807, 2.05) is 37.5 Å². The molecule has 0 saturated heterocycles. The monoisotopic (exact) mass is 256 g/mol. The van der Waals surface area contributed by atoms with E-state index in [-0.39, 0.29) is 11.2 Å². The summed E-state index contributed by atoms with van der Waals surface area (Å²) in [6, 6.07) is 7.86. The molecule has 100 valence electrons. The van der Waals surface area contributed by atoms with Crippen LogP contribution < -0.4 is 0 Å². The first kappa shape index (κ1) is 13.5. The molecule has 1 aromatic heterocycles. The minimum atomic E-state index is -0.0266. The van der Waals surface area contributed by atoms with Gasteiger partial charge in [-0.15, -0.1) is 0 Å². The number of nitrogens with zero attached hydrogens (tertiary/aromatic N) is 2. The fraction of sp³-hybridized carbons (Fsp3) is 0.375. The lowest BCUT2D eigenvalue weighted by Crippen LogP contribution is -2.17. The predicted molar refractivity (Wildman–Crippen MR) is 76.4 cm³/mol. The zero-order valence-electron chi connectivity index (χ0n) is 12.0. The summed E-state index contributed by atoms with van der Waals surface area (Å²) in [6.07, 6.45) is 4.04. The maximum absolute atomic E-state index is 12.5. The summed E-state index contributed by atoms with van der Waals surface area (Å²) in [7, 11) is 1.86. The molecule has 0 radical (unpaired) electrons. The highest BCUT2D eigenvalue weighted by molar-refractivity contribution is 5.99. The number of rotatable bonds is 3. The molecule has 0 bridgehead atoms. The number of benzene rings is 1. The van der Waals surface area contributed by atoms with Gasteiger partial charge in [-0.1, -0.05) is 45.0 Å². The van der Waals surface area contributed by atoms with Crippen LogP contribution in [0.1, 0.15) is 42.3 Å². The van der Waals surface area contributed by atoms with Gasteiger partial charge in [0.05, 0.1) is 6.20 Å². The summed E-state index contributed by atoms with van der Waals surface area (Å²) < 4.78 is 1.72. The molecule has 3 nitrogen and oxygen atoms in total. The van der Waals surface area contributed by atoms with Gasteiger partial charge < -0.3 is 0 Å². The Balaban J connectivity index is 2.29. The molecule has 0 saturated carbocycles. The maximum atomic E-state index is 12.5. The Morgan fingerprint density at radius 1 is 1.26 bits per heavy atom. The first-order valence-corrected chi connectivity index (χ1v) is 6.48. The van der Waals surface area contributed by atoms with Crippen molar-refractivity contribution in [3.8, 4) is 0 Å². The Morgan fingerprint density at radius 3 is 2.53 bits per heavy atom. The van der Waals surface area contributed by atoms with Crippen LogP contribution in [0.5, 0.6) is 0 Å². The third-order valence-corrected chi connectivity index (χ3v) is 3.16. The number of carbonyl (C=O) groups excluding carboxylic acids is 1. The number of hydrogen-bond donors (Lipinski definition) is 0. The fourth-order valence-corrected chi connectivity index (χ4v) is 2.22. The van der Waals surface area contributed by atoms with Crippen molar-refractivity contribution >= 4 is 5.78 Å². The van der Waals surface area contributed by atoms with Gasteiger partial charge in [0.2, 0.25) is 0 Å². The molecule has 0 N–H and O–H groups in total. The van der Waals surface area contributed by atoms with Gasteiger partial charge in [-0.05, 0) is 16.5 Å². The van der Waals surface area contributed by atoms with Gasteiger partial charge in [-0.25, -0.2) is 0 Å². The van der Waals surface area contributed by atoms with Crippen LogP contribution in [0.15, 0.2) is 36.7 Å². The van der Waals surface area contributed by atoms with Gasteiger partial charge in [0.15, 0.2) is 5.78 Å². The molecule has 2 rings (SSSR count). The van der Waals surface area contributed by atoms with Crippen molar-refractivity contribution in [3.63, 3.8) is 0 Å². The van der Waals surface area contributed by atoms with Crippen molar-refractivity contribution < 1.29 is 4.79 Å². The standard InChI is InChI=1S/C16H20N2O/c1-16(2,3)14-8-6-5-7-13(14)15(19)9-12-10-17-18(4)11-12/h5-8,10-11H,9H2,1-4H3. The lowest BCUT2D eigenvalue weighted by molar-refractivity contribution is 0.0991. The van der Waals surface area contributed by atoms with Crippen LogP contribution in [0.3, 0.4) is 0 Å². The highest BCUT2D eigenvalue weighted by Gasteiger charge is 2.21. The Labute approximate surface area is 114 Å². The molecule has 3 heteroatoms. The van der Waals surface area contributed by atoms with E-state index in [4.69, 9.17) is 0 Å². The van der Waals surface area contributed by atoms with Crippen LogP contribution in [-0.4, -0.2) is 15.6 Å². The first-order valence-electron chi connectivity index (χ1n) is 6.48. The maximum Gasteiger partial charge on any atom is 0.167 e. The van der Waals surface area contributed by atoms with E-state index < -0.39 is 0 Å². The van der Waals surface area contributed by atoms with Gasteiger partial charge in [0, 0.05) is 25.2 Å². The summed E-state index contributed by atoms with van der Waals surface area (Å²) in [5.41, 5.74) is 2.85. The molecular weight excluding hydrogens is 236 g/mol. The van der Waals surface area contributed by atoms with Gasteiger partial charge >= 0.3 is 0 Å². The predicted octanol–water partition coefficient (Wildman–Crippen LogP) is 3.14. The van der Waals surface area contributed by atoms with Crippen molar-refractivity contribution in [2.75, 3.05) is 0 Å². The molecule has 19 heavy (non-hydrogen) atoms. The molecule has 0 fully saturated rings. The smallest absolute Gasteiger partial charge is 0.167 e. The number of carbonyl (C=O) groups is 1. The van der Waals surface area contributed by atoms with Crippen molar-refractivity contribution in [2.24, 2.45) is 7.05 Å². The van der Waals surface area contributed by atoms with Crippen molar-refractivity contribution in [1.82, 2.24) is 9.78 Å². The van der Waals surface area contributed by atoms with E-state index in [2.05, 4.69) is 25.9 Å². The highest BCUT2D eigenvalue weighted by Crippen LogP contribution is 2.26. The minimum absolute atomic E-state index is 0.0266. The molecule has 0 unspecified atom stereocenters. The normalized spacial score (nSPS) is 11.6. The molecule has 0 aliphatic rings. The van der Waals surface area contributed by atoms with Crippen LogP contribution in [0.2, 0.25) is 0 Å². The Morgan fingerprint density at radius 2 is 1.95 bits per heavy atom. The molecule has 0 amide bonds. The second kappa shape index (κ2) is 5.00. The summed E-state index contributed by atoms with van der Waals surface area (Å²) in [5, 5.41) is 4.10. The molecule has 1 heterocycles. The van der Waals surface area contributed by atoms with Crippen molar-refractivity contribution in [3.05, 3.63) is 53.3 Å². The molecule has 0 spiro atoms. The number of aromatic nitrogens is 2. The molecule has 0 aliphatic carbocycles. The van der Waals surface area contributed by atoms with Crippen LogP contribution in [0.25, 0.3) is 0 Å². The largest absolute Gasteiger partial charge is 0.294 e. The van der Waals surface area contributed by atoms with Gasteiger partial charge in [-0.2, -0.15) is 5.10 Å². The Kier molecular flexibility index (Phi) is 3.56. The van der Waals surface area contributed by atoms with Crippen molar-refractivity contribution in [2.45, 2.75) is 32.6 Å². The van der Waals surface area contributed by atoms with Crippen LogP contribution in [0, 0.1) is 0 Å². The van der Waals surface area contributed by atoms with Gasteiger partial charge in [0.1, 0.15) is 0 Å². The third-order valence-electron chi connectivity index (χ3n) is 3.16. The average molecular weight is 256 g/mol. The van der Waals surface area contributed by atoms with E-state index in [1.165, 1.54) is 0 Å². The lowest BCUT2D eigenvalue weighted by Gasteiger charge is -2.22. The topological polar surface area (TPSA) is 34.9 Å². The fourth-order valence-electron chi connectivity index (χ4n) is 2.22. The second-order valence-corrected chi connectivity index (χ2v) is 5.92. The van der Waals surface area contributed by atoms with E-state index in [0.717, 1.165) is 16.7 Å². The van der Waals surface area contributed by atoms with E-state index in [1.54, 1.807) is 10.9 Å². The summed E-state index contributed by atoms with van der Waals surface area (Å²) in [6.45, 7) is 6.38. The quantitative estimate of drug-likeness (QED) is 0.791. The second-order valence-electron chi connectivity index (χ2n) is 5.92. The number of hydrogen-bond acceptors (Lipinski definition) is 2. The zero-order chi connectivity index (χ0) is 14.0. The van der Waals surface area contributed by atoms with E-state index in [0.29, 0.717) is 6.42 Å². The molecule has 1 aromatic carbocycles. The average Bonchev–Trinajstić information content (AvgIpc) is 2.73. The Hall–Kier alpha value is -1.90. The number of Topliss-reactive ketones (excluding diaryl/α,β-unsaturated/α-hetero) is 1. The molecular formula is C16H20N2O. The van der Waals surface area contributed by atoms with Gasteiger partial charge in [-0.3, -0.25) is 9.48 Å². The zero-order valence-corrected chi connectivity index (χ0v) is 12.0. The Bertz CT molecular complexity index is 591. The molecule has 0 aliphatic heterocycles. The molecule has 0 atom stereocenters. The van der Waals surface area contributed by atoms with Crippen LogP contribution in [-0.2, 0) is 18.9 Å². The highest BCUT2D eigenvalue weighted by atomic mass is 16.1. The van der Waals surface area contributed by atoms with Gasteiger partial charge in [0.25, 0.3) is 0 Å². The summed E-state index contributed by atoms with van der Waals surface area (Å²) >= 11 is 0. The minimum Gasteiger partial charge on any atom is -0.294 e. The third kappa shape index (κ3) is 3.11. The summed E-state index contributed by atoms with van der Waals surface area (Å²) in [4.78, 5) is 12.5.